The molecule has 1 atom stereocenters. The van der Waals surface area contributed by atoms with Crippen LogP contribution in [0.25, 0.3) is 0 Å². The van der Waals surface area contributed by atoms with E-state index < -0.39 is 0 Å². The van der Waals surface area contributed by atoms with Crippen LogP contribution in [0.15, 0.2) is 29.8 Å². The number of carbonyl (C=O) groups is 1. The first-order chi connectivity index (χ1) is 12.7. The minimum atomic E-state index is -0.0484. The summed E-state index contributed by atoms with van der Waals surface area (Å²) < 4.78 is 11.2. The zero-order valence-corrected chi connectivity index (χ0v) is 15.8. The Hall–Kier alpha value is -1.67. The molecule has 0 N–H and O–H groups in total. The van der Waals surface area contributed by atoms with E-state index in [0.717, 1.165) is 6.54 Å². The van der Waals surface area contributed by atoms with Gasteiger partial charge in [-0.25, -0.2) is 4.98 Å². The van der Waals surface area contributed by atoms with Crippen LogP contribution >= 0.6 is 22.9 Å². The number of anilines is 1. The van der Waals surface area contributed by atoms with Gasteiger partial charge in [-0.05, 0) is 17.5 Å². The third kappa shape index (κ3) is 3.71. The highest BCUT2D eigenvalue weighted by molar-refractivity contribution is 7.10. The quantitative estimate of drug-likeness (QED) is 0.802. The molecule has 0 radical (unpaired) electrons. The van der Waals surface area contributed by atoms with Crippen molar-refractivity contribution in [1.29, 1.82) is 0 Å². The van der Waals surface area contributed by atoms with Crippen LogP contribution in [0, 0.1) is 0 Å². The minimum Gasteiger partial charge on any atom is -0.378 e. The van der Waals surface area contributed by atoms with E-state index in [0.29, 0.717) is 55.9 Å². The third-order valence-corrected chi connectivity index (χ3v) is 5.84. The Bertz CT molecular complexity index is 765. The average molecular weight is 394 g/mol. The van der Waals surface area contributed by atoms with Crippen molar-refractivity contribution in [1.82, 2.24) is 9.88 Å². The van der Waals surface area contributed by atoms with E-state index in [1.165, 1.54) is 4.88 Å². The van der Waals surface area contributed by atoms with Gasteiger partial charge in [0.1, 0.15) is 11.9 Å². The van der Waals surface area contributed by atoms with Crippen LogP contribution in [0.4, 0.5) is 5.82 Å². The van der Waals surface area contributed by atoms with Crippen molar-refractivity contribution in [3.63, 3.8) is 0 Å². The summed E-state index contributed by atoms with van der Waals surface area (Å²) in [5.74, 6) is 0.655. The molecule has 4 rings (SSSR count). The number of pyridine rings is 1. The minimum absolute atomic E-state index is 0.0243. The first-order valence-electron chi connectivity index (χ1n) is 8.65. The number of halogens is 1. The van der Waals surface area contributed by atoms with E-state index in [-0.39, 0.29) is 12.0 Å². The van der Waals surface area contributed by atoms with E-state index >= 15 is 0 Å². The number of thiophene rings is 1. The zero-order chi connectivity index (χ0) is 17.9. The van der Waals surface area contributed by atoms with Gasteiger partial charge in [0, 0.05) is 30.7 Å². The molecule has 0 saturated carbocycles. The Kier molecular flexibility index (Phi) is 5.40. The van der Waals surface area contributed by atoms with Gasteiger partial charge in [0.15, 0.2) is 0 Å². The molecule has 26 heavy (non-hydrogen) atoms. The van der Waals surface area contributed by atoms with E-state index in [9.17, 15) is 4.79 Å². The Labute approximate surface area is 161 Å². The molecule has 2 saturated heterocycles. The molecule has 2 aromatic heterocycles. The van der Waals surface area contributed by atoms with Crippen molar-refractivity contribution in [2.75, 3.05) is 50.9 Å². The molecular formula is C18H20ClN3O3S. The second kappa shape index (κ2) is 7.92. The maximum absolute atomic E-state index is 12.6. The number of carbonyl (C=O) groups excluding carboxylic acids is 1. The fraction of sp³-hybridized carbons (Fsp3) is 0.444. The predicted molar refractivity (Wildman–Crippen MR) is 101 cm³/mol. The van der Waals surface area contributed by atoms with Gasteiger partial charge in [0.2, 0.25) is 0 Å². The zero-order valence-electron chi connectivity index (χ0n) is 14.3. The van der Waals surface area contributed by atoms with E-state index in [2.05, 4.69) is 21.3 Å². The van der Waals surface area contributed by atoms with Crippen molar-refractivity contribution >= 4 is 34.7 Å². The normalized spacial score (nSPS) is 21.0. The summed E-state index contributed by atoms with van der Waals surface area (Å²) in [4.78, 5) is 22.2. The van der Waals surface area contributed by atoms with E-state index in [4.69, 9.17) is 21.1 Å². The Balaban J connectivity index is 1.49. The monoisotopic (exact) mass is 393 g/mol. The van der Waals surface area contributed by atoms with E-state index in [1.54, 1.807) is 28.5 Å². The average Bonchev–Trinajstić information content (AvgIpc) is 3.23. The molecular weight excluding hydrogens is 374 g/mol. The molecule has 0 spiro atoms. The topological polar surface area (TPSA) is 54.9 Å². The summed E-state index contributed by atoms with van der Waals surface area (Å²) in [6.45, 7) is 4.39. The lowest BCUT2D eigenvalue weighted by atomic mass is 10.2. The Morgan fingerprint density at radius 2 is 2.12 bits per heavy atom. The summed E-state index contributed by atoms with van der Waals surface area (Å²) in [6, 6.07) is 5.83. The fourth-order valence-corrected chi connectivity index (χ4v) is 4.27. The molecule has 6 nitrogen and oxygen atoms in total. The maximum atomic E-state index is 12.6. The van der Waals surface area contributed by atoms with Crippen LogP contribution in [-0.2, 0) is 9.47 Å². The third-order valence-electron chi connectivity index (χ3n) is 4.59. The van der Waals surface area contributed by atoms with Crippen molar-refractivity contribution in [2.24, 2.45) is 0 Å². The van der Waals surface area contributed by atoms with Crippen LogP contribution in [0.2, 0.25) is 5.02 Å². The van der Waals surface area contributed by atoms with Crippen LogP contribution < -0.4 is 4.90 Å². The lowest BCUT2D eigenvalue weighted by molar-refractivity contribution is 0.0302. The van der Waals surface area contributed by atoms with Crippen molar-refractivity contribution in [3.8, 4) is 0 Å². The van der Waals surface area contributed by atoms with Crippen molar-refractivity contribution < 1.29 is 14.3 Å². The van der Waals surface area contributed by atoms with Gasteiger partial charge in [-0.3, -0.25) is 4.79 Å². The molecule has 2 aliphatic heterocycles. The second-order valence-electron chi connectivity index (χ2n) is 6.25. The molecule has 1 amide bonds. The lowest BCUT2D eigenvalue weighted by Gasteiger charge is -2.34. The summed E-state index contributed by atoms with van der Waals surface area (Å²) in [7, 11) is 0. The summed E-state index contributed by atoms with van der Waals surface area (Å²) in [5.41, 5.74) is 0.517. The highest BCUT2D eigenvalue weighted by Gasteiger charge is 2.26. The van der Waals surface area contributed by atoms with Gasteiger partial charge in [0.25, 0.3) is 5.91 Å². The van der Waals surface area contributed by atoms with Gasteiger partial charge in [-0.15, -0.1) is 11.3 Å². The van der Waals surface area contributed by atoms with Crippen LogP contribution in [0.1, 0.15) is 21.3 Å². The number of ether oxygens (including phenoxy) is 2. The molecule has 138 valence electrons. The standard InChI is InChI=1S/C18H20ClN3O3S/c19-14-10-13(18(23)21-3-6-24-7-4-21)11-20-17(14)22-5-8-25-15(12-22)16-2-1-9-26-16/h1-2,9-11,15H,3-8,12H2. The fourth-order valence-electron chi connectivity index (χ4n) is 3.22. The summed E-state index contributed by atoms with van der Waals surface area (Å²) in [6.07, 6.45) is 1.64. The molecule has 0 bridgehead atoms. The van der Waals surface area contributed by atoms with Gasteiger partial charge in [-0.2, -0.15) is 0 Å². The van der Waals surface area contributed by atoms with E-state index in [1.807, 2.05) is 6.07 Å². The smallest absolute Gasteiger partial charge is 0.255 e. The molecule has 2 aromatic rings. The van der Waals surface area contributed by atoms with Crippen molar-refractivity contribution in [3.05, 3.63) is 45.2 Å². The first kappa shape index (κ1) is 17.7. The highest BCUT2D eigenvalue weighted by Crippen LogP contribution is 2.31. The number of rotatable bonds is 3. The molecule has 8 heteroatoms. The first-order valence-corrected chi connectivity index (χ1v) is 9.90. The SMILES string of the molecule is O=C(c1cnc(N2CCOC(c3cccs3)C2)c(Cl)c1)N1CCOCC1. The summed E-state index contributed by atoms with van der Waals surface area (Å²) in [5, 5.41) is 2.55. The van der Waals surface area contributed by atoms with Crippen LogP contribution in [0.5, 0.6) is 0 Å². The predicted octanol–water partition coefficient (Wildman–Crippen LogP) is 2.85. The van der Waals surface area contributed by atoms with Gasteiger partial charge >= 0.3 is 0 Å². The molecule has 4 heterocycles. The molecule has 0 aromatic carbocycles. The molecule has 2 fully saturated rings. The van der Waals surface area contributed by atoms with Gasteiger partial charge < -0.3 is 19.3 Å². The van der Waals surface area contributed by atoms with Gasteiger partial charge in [0.05, 0.1) is 37.0 Å². The number of amides is 1. The highest BCUT2D eigenvalue weighted by atomic mass is 35.5. The van der Waals surface area contributed by atoms with Crippen LogP contribution in [-0.4, -0.2) is 61.8 Å². The number of hydrogen-bond donors (Lipinski definition) is 0. The largest absolute Gasteiger partial charge is 0.378 e. The number of morpholine rings is 2. The Morgan fingerprint density at radius 1 is 1.27 bits per heavy atom. The molecule has 2 aliphatic rings. The Morgan fingerprint density at radius 3 is 2.85 bits per heavy atom. The maximum Gasteiger partial charge on any atom is 0.255 e. The second-order valence-corrected chi connectivity index (χ2v) is 7.64. The van der Waals surface area contributed by atoms with Gasteiger partial charge in [-0.1, -0.05) is 17.7 Å². The lowest BCUT2D eigenvalue weighted by Crippen LogP contribution is -2.41. The molecule has 1 unspecified atom stereocenters. The number of aromatic nitrogens is 1. The van der Waals surface area contributed by atoms with Crippen LogP contribution in [0.3, 0.4) is 0 Å². The summed E-state index contributed by atoms with van der Waals surface area (Å²) >= 11 is 8.17. The molecule has 0 aliphatic carbocycles. The van der Waals surface area contributed by atoms with Crippen molar-refractivity contribution in [2.45, 2.75) is 6.10 Å². The number of nitrogens with zero attached hydrogens (tertiary/aromatic N) is 3. The number of hydrogen-bond acceptors (Lipinski definition) is 6.